The lowest BCUT2D eigenvalue weighted by Crippen LogP contribution is -2.29. The molecule has 0 aliphatic carbocycles. The number of pyridine rings is 2. The van der Waals surface area contributed by atoms with Crippen molar-refractivity contribution in [3.63, 3.8) is 0 Å². The van der Waals surface area contributed by atoms with Gasteiger partial charge in [-0.2, -0.15) is 0 Å². The van der Waals surface area contributed by atoms with E-state index in [9.17, 15) is 9.59 Å². The Morgan fingerprint density at radius 3 is 1.46 bits per heavy atom. The number of hydrogen-bond donors (Lipinski definition) is 0. The zero-order valence-electron chi connectivity index (χ0n) is 26.1. The number of aromatic nitrogens is 2. The van der Waals surface area contributed by atoms with Gasteiger partial charge in [-0.3, -0.25) is 18.4 Å². The summed E-state index contributed by atoms with van der Waals surface area (Å²) in [5, 5.41) is 3.56. The Morgan fingerprint density at radius 2 is 1.02 bits per heavy atom. The van der Waals surface area contributed by atoms with Gasteiger partial charge in [-0.1, -0.05) is 48.5 Å². The van der Waals surface area contributed by atoms with Crippen molar-refractivity contribution in [2.24, 2.45) is 0 Å². The largest absolute Gasteiger partial charge is 0.306 e. The summed E-state index contributed by atoms with van der Waals surface area (Å²) in [5.41, 5.74) is 6.66. The third-order valence-electron chi connectivity index (χ3n) is 8.46. The van der Waals surface area contributed by atoms with Crippen LogP contribution in [0.2, 0.25) is 0 Å². The standard InChI is InChI=1S/C37H35Cl2N5O2/c1-24-10-4-12-26-22-30-28(14-6-16-32(30)40-34(24)26)36(45)43(38)20-8-18-42(3)19-9-21-44(39)37(46)29-15-7-17-33-31(29)23-27-13-5-11-25(2)35(27)41-33/h4-7,10-17,22-23H,8-9,18-21H2,1-3H3. The molecule has 0 unspecified atom stereocenters. The number of aryl methyl sites for hydroxylation is 2. The molecule has 0 spiro atoms. The van der Waals surface area contributed by atoms with E-state index in [2.05, 4.69) is 4.90 Å². The third-order valence-corrected chi connectivity index (χ3v) is 9.10. The van der Waals surface area contributed by atoms with E-state index in [4.69, 9.17) is 33.5 Å². The second kappa shape index (κ2) is 13.6. The van der Waals surface area contributed by atoms with Gasteiger partial charge in [-0.05, 0) is 94.4 Å². The highest BCUT2D eigenvalue weighted by Crippen LogP contribution is 2.27. The summed E-state index contributed by atoms with van der Waals surface area (Å²) in [6, 6.07) is 27.2. The highest BCUT2D eigenvalue weighted by molar-refractivity contribution is 6.26. The Morgan fingerprint density at radius 1 is 0.609 bits per heavy atom. The topological polar surface area (TPSA) is 69.6 Å². The molecule has 234 valence electrons. The van der Waals surface area contributed by atoms with E-state index in [0.717, 1.165) is 67.8 Å². The monoisotopic (exact) mass is 651 g/mol. The second-order valence-corrected chi connectivity index (χ2v) is 12.6. The smallest absolute Gasteiger partial charge is 0.268 e. The number of benzene rings is 4. The molecule has 0 bridgehead atoms. The van der Waals surface area contributed by atoms with Gasteiger partial charge in [0.2, 0.25) is 0 Å². The van der Waals surface area contributed by atoms with Gasteiger partial charge in [0.1, 0.15) is 0 Å². The Kier molecular flexibility index (Phi) is 9.36. The van der Waals surface area contributed by atoms with E-state index in [1.165, 1.54) is 8.84 Å². The second-order valence-electron chi connectivity index (χ2n) is 11.8. The van der Waals surface area contributed by atoms with E-state index < -0.39 is 0 Å². The van der Waals surface area contributed by atoms with Crippen molar-refractivity contribution in [2.45, 2.75) is 26.7 Å². The Hall–Kier alpha value is -4.30. The first-order valence-electron chi connectivity index (χ1n) is 15.4. The molecular weight excluding hydrogens is 617 g/mol. The number of fused-ring (bicyclic) bond motifs is 4. The van der Waals surface area contributed by atoms with Crippen molar-refractivity contribution in [2.75, 3.05) is 33.2 Å². The lowest BCUT2D eigenvalue weighted by molar-refractivity contribution is 0.0858. The molecule has 0 radical (unpaired) electrons. The molecule has 2 heterocycles. The minimum absolute atomic E-state index is 0.244. The number of hydrogen-bond acceptors (Lipinski definition) is 5. The van der Waals surface area contributed by atoms with Crippen LogP contribution in [0.5, 0.6) is 0 Å². The molecule has 0 atom stereocenters. The number of nitrogens with zero attached hydrogens (tertiary/aromatic N) is 5. The summed E-state index contributed by atoms with van der Waals surface area (Å²) in [5.74, 6) is -0.487. The number of rotatable bonds is 10. The molecule has 0 aliphatic rings. The number of halogens is 2. The maximum absolute atomic E-state index is 13.3. The molecule has 0 saturated carbocycles. The van der Waals surface area contributed by atoms with E-state index in [1.807, 2.05) is 93.7 Å². The molecule has 7 nitrogen and oxygen atoms in total. The van der Waals surface area contributed by atoms with Crippen LogP contribution in [0.3, 0.4) is 0 Å². The van der Waals surface area contributed by atoms with Gasteiger partial charge >= 0.3 is 0 Å². The minimum atomic E-state index is -0.244. The molecule has 2 amide bonds. The van der Waals surface area contributed by atoms with Crippen LogP contribution >= 0.6 is 23.6 Å². The predicted molar refractivity (Wildman–Crippen MR) is 188 cm³/mol. The highest BCUT2D eigenvalue weighted by Gasteiger charge is 2.19. The first-order valence-corrected chi connectivity index (χ1v) is 16.1. The molecule has 2 aromatic heterocycles. The summed E-state index contributed by atoms with van der Waals surface area (Å²) < 4.78 is 2.51. The van der Waals surface area contributed by atoms with Gasteiger partial charge in [0, 0.05) is 58.2 Å². The molecule has 0 fully saturated rings. The van der Waals surface area contributed by atoms with Crippen molar-refractivity contribution < 1.29 is 9.59 Å². The average molecular weight is 653 g/mol. The fraction of sp³-hybridized carbons (Fsp3) is 0.243. The SMILES string of the molecule is Cc1cccc2cc3c(C(=O)N(Cl)CCCN(C)CCCN(Cl)C(=O)c4cccc5nc6c(C)cccc6cc45)cccc3nc12. The molecule has 46 heavy (non-hydrogen) atoms. The maximum atomic E-state index is 13.3. The first-order chi connectivity index (χ1) is 22.2. The average Bonchev–Trinajstić information content (AvgIpc) is 3.06. The summed E-state index contributed by atoms with van der Waals surface area (Å²) in [6.45, 7) is 6.32. The Bertz CT molecular complexity index is 1950. The van der Waals surface area contributed by atoms with E-state index >= 15 is 0 Å². The summed E-state index contributed by atoms with van der Waals surface area (Å²) in [4.78, 5) is 38.4. The summed E-state index contributed by atoms with van der Waals surface area (Å²) >= 11 is 13.0. The normalized spacial score (nSPS) is 11.6. The number of amides is 2. The predicted octanol–water partition coefficient (Wildman–Crippen LogP) is 8.31. The molecule has 0 aliphatic heterocycles. The molecule has 6 aromatic rings. The fourth-order valence-corrected chi connectivity index (χ4v) is 6.39. The van der Waals surface area contributed by atoms with Crippen LogP contribution in [0, 0.1) is 13.8 Å². The van der Waals surface area contributed by atoms with Crippen molar-refractivity contribution in [1.29, 1.82) is 0 Å². The van der Waals surface area contributed by atoms with Crippen LogP contribution in [-0.4, -0.2) is 68.7 Å². The number of carbonyl (C=O) groups excluding carboxylic acids is 2. The van der Waals surface area contributed by atoms with Crippen molar-refractivity contribution in [3.8, 4) is 0 Å². The molecule has 6 rings (SSSR count). The van der Waals surface area contributed by atoms with Gasteiger partial charge in [-0.15, -0.1) is 0 Å². The summed E-state index contributed by atoms with van der Waals surface area (Å²) in [7, 11) is 2.01. The third kappa shape index (κ3) is 6.49. The molecular formula is C37H35Cl2N5O2. The van der Waals surface area contributed by atoms with Crippen LogP contribution in [0.4, 0.5) is 0 Å². The zero-order chi connectivity index (χ0) is 32.4. The van der Waals surface area contributed by atoms with Crippen LogP contribution in [0.25, 0.3) is 43.6 Å². The van der Waals surface area contributed by atoms with Gasteiger partial charge in [0.05, 0.1) is 33.2 Å². The Balaban J connectivity index is 1.01. The maximum Gasteiger partial charge on any atom is 0.268 e. The van der Waals surface area contributed by atoms with Gasteiger partial charge < -0.3 is 4.90 Å². The van der Waals surface area contributed by atoms with Crippen LogP contribution in [0.1, 0.15) is 44.7 Å². The van der Waals surface area contributed by atoms with E-state index in [1.54, 1.807) is 12.1 Å². The zero-order valence-corrected chi connectivity index (χ0v) is 27.6. The first kappa shape index (κ1) is 31.7. The quantitative estimate of drug-likeness (QED) is 0.110. The fourth-order valence-electron chi connectivity index (χ4n) is 5.97. The lowest BCUT2D eigenvalue weighted by Gasteiger charge is -2.21. The molecule has 9 heteroatoms. The van der Waals surface area contributed by atoms with Crippen LogP contribution in [0.15, 0.2) is 84.9 Å². The van der Waals surface area contributed by atoms with Crippen molar-refractivity contribution in [1.82, 2.24) is 23.7 Å². The van der Waals surface area contributed by atoms with E-state index in [-0.39, 0.29) is 11.8 Å². The van der Waals surface area contributed by atoms with Gasteiger partial charge in [0.25, 0.3) is 11.8 Å². The molecule has 0 saturated heterocycles. The van der Waals surface area contributed by atoms with Crippen molar-refractivity contribution >= 4 is 79.0 Å². The van der Waals surface area contributed by atoms with Crippen LogP contribution < -0.4 is 0 Å². The Labute approximate surface area is 278 Å². The minimum Gasteiger partial charge on any atom is -0.306 e. The lowest BCUT2D eigenvalue weighted by atomic mass is 10.0. The van der Waals surface area contributed by atoms with E-state index in [0.29, 0.717) is 37.1 Å². The van der Waals surface area contributed by atoms with Crippen LogP contribution in [-0.2, 0) is 0 Å². The molecule has 4 aromatic carbocycles. The highest BCUT2D eigenvalue weighted by atomic mass is 35.5. The molecule has 0 N–H and O–H groups in total. The van der Waals surface area contributed by atoms with Gasteiger partial charge in [-0.25, -0.2) is 9.97 Å². The number of para-hydroxylation sites is 2. The number of carbonyl (C=O) groups is 2. The summed E-state index contributed by atoms with van der Waals surface area (Å²) in [6.07, 6.45) is 1.38. The van der Waals surface area contributed by atoms with Gasteiger partial charge in [0.15, 0.2) is 0 Å². The van der Waals surface area contributed by atoms with Crippen molar-refractivity contribution in [3.05, 3.63) is 107 Å².